The summed E-state index contributed by atoms with van der Waals surface area (Å²) in [6.07, 6.45) is 1.66. The topological polar surface area (TPSA) is 82.1 Å². The van der Waals surface area contributed by atoms with Crippen molar-refractivity contribution in [2.45, 2.75) is 25.3 Å². The van der Waals surface area contributed by atoms with Crippen LogP contribution >= 0.6 is 23.2 Å². The van der Waals surface area contributed by atoms with E-state index in [9.17, 15) is 14.7 Å². The number of halogens is 2. The minimum atomic E-state index is -0.435. The second-order valence-corrected chi connectivity index (χ2v) is 8.21. The third-order valence-corrected chi connectivity index (χ3v) is 6.32. The van der Waals surface area contributed by atoms with Crippen LogP contribution in [0, 0.1) is 5.92 Å². The molecule has 0 unspecified atom stereocenters. The van der Waals surface area contributed by atoms with Crippen molar-refractivity contribution >= 4 is 34.4 Å². The molecule has 2 heterocycles. The summed E-state index contributed by atoms with van der Waals surface area (Å²) in [7, 11) is 3.41. The molecule has 1 aliphatic carbocycles. The second-order valence-electron chi connectivity index (χ2n) is 7.40. The van der Waals surface area contributed by atoms with Gasteiger partial charge in [0.15, 0.2) is 11.2 Å². The number of imidazole rings is 1. The average Bonchev–Trinajstić information content (AvgIpc) is 2.96. The zero-order valence-electron chi connectivity index (χ0n) is 15.5. The van der Waals surface area contributed by atoms with Gasteiger partial charge in [-0.15, -0.1) is 0 Å². The lowest BCUT2D eigenvalue weighted by Gasteiger charge is -2.33. The van der Waals surface area contributed by atoms with Gasteiger partial charge in [0.1, 0.15) is 5.82 Å². The summed E-state index contributed by atoms with van der Waals surface area (Å²) in [5.74, 6) is 1.24. The SMILES string of the molecule is Cn1c(C2CC(CO)C2)nc2c1c(=O)n(Cc1ccc(Cl)c(Cl)c1)c(=O)n2C. The number of nitrogens with zero attached hydrogens (tertiary/aromatic N) is 4. The first-order chi connectivity index (χ1) is 13.3. The summed E-state index contributed by atoms with van der Waals surface area (Å²) in [4.78, 5) is 30.5. The molecule has 2 aromatic heterocycles. The normalized spacial score (nSPS) is 19.2. The predicted molar refractivity (Wildman–Crippen MR) is 108 cm³/mol. The molecule has 0 bridgehead atoms. The van der Waals surface area contributed by atoms with E-state index in [0.717, 1.165) is 18.7 Å². The van der Waals surface area contributed by atoms with Gasteiger partial charge in [0.25, 0.3) is 5.56 Å². The average molecular weight is 423 g/mol. The highest BCUT2D eigenvalue weighted by molar-refractivity contribution is 6.42. The van der Waals surface area contributed by atoms with Crippen molar-refractivity contribution in [2.75, 3.05) is 6.61 Å². The predicted octanol–water partition coefficient (Wildman–Crippen LogP) is 2.27. The van der Waals surface area contributed by atoms with Crippen molar-refractivity contribution in [1.82, 2.24) is 18.7 Å². The molecule has 0 saturated heterocycles. The van der Waals surface area contributed by atoms with E-state index in [0.29, 0.717) is 26.8 Å². The number of benzene rings is 1. The summed E-state index contributed by atoms with van der Waals surface area (Å²) in [5.41, 5.74) is 0.661. The van der Waals surface area contributed by atoms with E-state index >= 15 is 0 Å². The molecule has 0 amide bonds. The van der Waals surface area contributed by atoms with Crippen LogP contribution in [0.1, 0.15) is 30.1 Å². The van der Waals surface area contributed by atoms with E-state index in [2.05, 4.69) is 4.98 Å². The maximum atomic E-state index is 13.1. The van der Waals surface area contributed by atoms with E-state index in [4.69, 9.17) is 23.2 Å². The van der Waals surface area contributed by atoms with Crippen molar-refractivity contribution in [2.24, 2.45) is 20.0 Å². The Hall–Kier alpha value is -2.09. The van der Waals surface area contributed by atoms with Gasteiger partial charge in [0.2, 0.25) is 0 Å². The van der Waals surface area contributed by atoms with Crippen molar-refractivity contribution in [3.8, 4) is 0 Å². The Morgan fingerprint density at radius 3 is 2.50 bits per heavy atom. The highest BCUT2D eigenvalue weighted by atomic mass is 35.5. The third-order valence-electron chi connectivity index (χ3n) is 5.58. The Kier molecular flexibility index (Phi) is 4.85. The smallest absolute Gasteiger partial charge is 0.332 e. The third kappa shape index (κ3) is 2.98. The Bertz CT molecular complexity index is 1190. The highest BCUT2D eigenvalue weighted by Crippen LogP contribution is 2.41. The lowest BCUT2D eigenvalue weighted by molar-refractivity contribution is 0.138. The van der Waals surface area contributed by atoms with E-state index in [-0.39, 0.29) is 30.5 Å². The summed E-state index contributed by atoms with van der Waals surface area (Å²) in [6, 6.07) is 5.03. The lowest BCUT2D eigenvalue weighted by Crippen LogP contribution is -2.39. The Balaban J connectivity index is 1.82. The number of aryl methyl sites for hydroxylation is 2. The molecular formula is C19H20Cl2N4O3. The summed E-state index contributed by atoms with van der Waals surface area (Å²) in [6.45, 7) is 0.254. The van der Waals surface area contributed by atoms with Crippen LogP contribution < -0.4 is 11.2 Å². The fourth-order valence-corrected chi connectivity index (χ4v) is 4.20. The van der Waals surface area contributed by atoms with Crippen molar-refractivity contribution in [3.05, 3.63) is 60.5 Å². The van der Waals surface area contributed by atoms with E-state index < -0.39 is 5.69 Å². The molecule has 3 aromatic rings. The summed E-state index contributed by atoms with van der Waals surface area (Å²) in [5, 5.41) is 10.0. The van der Waals surface area contributed by atoms with Crippen LogP contribution in [0.2, 0.25) is 10.0 Å². The van der Waals surface area contributed by atoms with Gasteiger partial charge < -0.3 is 9.67 Å². The largest absolute Gasteiger partial charge is 0.396 e. The number of rotatable bonds is 4. The molecule has 1 saturated carbocycles. The lowest BCUT2D eigenvalue weighted by atomic mass is 9.75. The van der Waals surface area contributed by atoms with Gasteiger partial charge in [-0.05, 0) is 36.5 Å². The first kappa shape index (κ1) is 19.2. The van der Waals surface area contributed by atoms with Gasteiger partial charge in [0, 0.05) is 26.6 Å². The standard InChI is InChI=1S/C19H20Cl2N4O3/c1-23-15-17(22-16(23)12-5-11(6-12)9-26)24(2)19(28)25(18(15)27)8-10-3-4-13(20)14(21)7-10/h3-4,7,11-12,26H,5-6,8-9H2,1-2H3. The second kappa shape index (κ2) is 7.06. The van der Waals surface area contributed by atoms with Gasteiger partial charge in [-0.2, -0.15) is 0 Å². The van der Waals surface area contributed by atoms with Crippen LogP contribution in [0.25, 0.3) is 11.2 Å². The number of hydrogen-bond acceptors (Lipinski definition) is 4. The Morgan fingerprint density at radius 2 is 1.86 bits per heavy atom. The molecule has 1 N–H and O–H groups in total. The van der Waals surface area contributed by atoms with Gasteiger partial charge in [-0.1, -0.05) is 29.3 Å². The molecule has 148 valence electrons. The maximum absolute atomic E-state index is 13.1. The molecule has 0 spiro atoms. The Morgan fingerprint density at radius 1 is 1.14 bits per heavy atom. The van der Waals surface area contributed by atoms with Gasteiger partial charge in [-0.3, -0.25) is 13.9 Å². The Labute approximate surface area is 170 Å². The van der Waals surface area contributed by atoms with Crippen LogP contribution in [0.3, 0.4) is 0 Å². The van der Waals surface area contributed by atoms with Crippen LogP contribution in [-0.4, -0.2) is 30.4 Å². The molecule has 28 heavy (non-hydrogen) atoms. The first-order valence-electron chi connectivity index (χ1n) is 9.02. The molecule has 9 heteroatoms. The molecule has 0 radical (unpaired) electrons. The number of aromatic nitrogens is 4. The number of hydrogen-bond donors (Lipinski definition) is 1. The number of fused-ring (bicyclic) bond motifs is 1. The van der Waals surface area contributed by atoms with E-state index in [1.54, 1.807) is 36.9 Å². The van der Waals surface area contributed by atoms with Gasteiger partial charge >= 0.3 is 5.69 Å². The monoisotopic (exact) mass is 422 g/mol. The number of aliphatic hydroxyl groups excluding tert-OH is 1. The fraction of sp³-hybridized carbons (Fsp3) is 0.421. The van der Waals surface area contributed by atoms with Crippen molar-refractivity contribution < 1.29 is 5.11 Å². The van der Waals surface area contributed by atoms with E-state index in [1.807, 2.05) is 0 Å². The molecule has 4 rings (SSSR count). The molecule has 0 aliphatic heterocycles. The minimum Gasteiger partial charge on any atom is -0.396 e. The van der Waals surface area contributed by atoms with Crippen LogP contribution in [0.5, 0.6) is 0 Å². The molecule has 0 atom stereocenters. The van der Waals surface area contributed by atoms with Crippen molar-refractivity contribution in [3.63, 3.8) is 0 Å². The van der Waals surface area contributed by atoms with Crippen LogP contribution in [0.15, 0.2) is 27.8 Å². The number of aliphatic hydroxyl groups is 1. The fourth-order valence-electron chi connectivity index (χ4n) is 3.88. The first-order valence-corrected chi connectivity index (χ1v) is 9.78. The summed E-state index contributed by atoms with van der Waals surface area (Å²) >= 11 is 12.0. The molecule has 1 aliphatic rings. The zero-order chi connectivity index (χ0) is 20.2. The molecule has 1 fully saturated rings. The van der Waals surface area contributed by atoms with Gasteiger partial charge in [0.05, 0.1) is 16.6 Å². The minimum absolute atomic E-state index is 0.0921. The zero-order valence-corrected chi connectivity index (χ0v) is 17.0. The molecular weight excluding hydrogens is 403 g/mol. The quantitative estimate of drug-likeness (QED) is 0.698. The molecule has 1 aromatic carbocycles. The highest BCUT2D eigenvalue weighted by Gasteiger charge is 2.34. The van der Waals surface area contributed by atoms with Crippen LogP contribution in [-0.2, 0) is 20.6 Å². The molecule has 7 nitrogen and oxygen atoms in total. The van der Waals surface area contributed by atoms with Crippen molar-refractivity contribution in [1.29, 1.82) is 0 Å². The summed E-state index contributed by atoms with van der Waals surface area (Å²) < 4.78 is 4.37. The van der Waals surface area contributed by atoms with Gasteiger partial charge in [-0.25, -0.2) is 9.78 Å². The maximum Gasteiger partial charge on any atom is 0.332 e. The van der Waals surface area contributed by atoms with Crippen LogP contribution in [0.4, 0.5) is 0 Å². The van der Waals surface area contributed by atoms with E-state index in [1.165, 1.54) is 9.13 Å².